The van der Waals surface area contributed by atoms with E-state index in [9.17, 15) is 14.7 Å². The maximum atomic E-state index is 12.5. The molecule has 1 rings (SSSR count). The minimum Gasteiger partial charge on any atom is -0.312 e. The van der Waals surface area contributed by atoms with Crippen LogP contribution in [0.15, 0.2) is 29.4 Å². The summed E-state index contributed by atoms with van der Waals surface area (Å²) in [6.45, 7) is 5.24. The van der Waals surface area contributed by atoms with Crippen molar-refractivity contribution in [1.29, 1.82) is 0 Å². The number of hydrogen-bond acceptors (Lipinski definition) is 7. The molecule has 0 heterocycles. The van der Waals surface area contributed by atoms with Crippen molar-refractivity contribution in [3.63, 3.8) is 0 Å². The van der Waals surface area contributed by atoms with Crippen molar-refractivity contribution < 1.29 is 18.5 Å². The summed E-state index contributed by atoms with van der Waals surface area (Å²) in [5, 5.41) is 14.3. The lowest BCUT2D eigenvalue weighted by Crippen LogP contribution is -2.25. The van der Waals surface area contributed by atoms with Gasteiger partial charge in [-0.05, 0) is 26.8 Å². The first-order chi connectivity index (χ1) is 10.7. The van der Waals surface area contributed by atoms with Gasteiger partial charge in [-0.3, -0.25) is 20.1 Å². The average molecular weight is 343 g/mol. The normalized spacial score (nSPS) is 13.0. The van der Waals surface area contributed by atoms with E-state index in [-0.39, 0.29) is 11.4 Å². The molecule has 1 N–H and O–H groups in total. The maximum Gasteiger partial charge on any atom is 0.336 e. The van der Waals surface area contributed by atoms with Gasteiger partial charge in [0.25, 0.3) is 5.69 Å². The number of para-hydroxylation sites is 2. The van der Waals surface area contributed by atoms with E-state index < -0.39 is 17.7 Å². The molecule has 0 spiro atoms. The molecule has 0 aliphatic heterocycles. The largest absolute Gasteiger partial charge is 0.336 e. The third kappa shape index (κ3) is 4.60. The van der Waals surface area contributed by atoms with Crippen LogP contribution in [0.2, 0.25) is 0 Å². The summed E-state index contributed by atoms with van der Waals surface area (Å²) in [6.07, 6.45) is 0.333. The molecule has 128 valence electrons. The van der Waals surface area contributed by atoms with Crippen molar-refractivity contribution in [2.45, 2.75) is 32.3 Å². The topological polar surface area (TPSA) is 103 Å². The first-order valence-corrected chi connectivity index (χ1v) is 8.45. The lowest BCUT2D eigenvalue weighted by atomic mass is 10.1. The lowest BCUT2D eigenvalue weighted by Gasteiger charge is -2.30. The molecular formula is C14H22N3O5P. The average Bonchev–Trinajstić information content (AvgIpc) is 2.51. The zero-order valence-corrected chi connectivity index (χ0v) is 14.8. The molecule has 1 aromatic carbocycles. The van der Waals surface area contributed by atoms with Crippen LogP contribution >= 0.6 is 7.60 Å². The standard InChI is InChI=1S/C14H22N3O5P/c1-11(10-14(2,3)23(20,21-4)22-5)15-16-12-8-6-7-9-13(12)17(18)19/h6-9,16H,10H2,1-5H3/b15-11-. The predicted octanol–water partition coefficient (Wildman–Crippen LogP) is 4.04. The summed E-state index contributed by atoms with van der Waals surface area (Å²) in [7, 11) is -0.601. The van der Waals surface area contributed by atoms with Crippen LogP contribution in [0.3, 0.4) is 0 Å². The van der Waals surface area contributed by atoms with Gasteiger partial charge >= 0.3 is 7.60 Å². The molecule has 0 atom stereocenters. The van der Waals surface area contributed by atoms with Gasteiger partial charge in [-0.15, -0.1) is 0 Å². The molecule has 0 unspecified atom stereocenters. The van der Waals surface area contributed by atoms with Gasteiger partial charge in [0, 0.05) is 32.4 Å². The zero-order valence-electron chi connectivity index (χ0n) is 13.9. The van der Waals surface area contributed by atoms with Gasteiger partial charge in [0.05, 0.1) is 10.1 Å². The summed E-state index contributed by atoms with van der Waals surface area (Å²) >= 11 is 0. The Kier molecular flexibility index (Phi) is 6.44. The molecule has 0 amide bonds. The molecule has 0 bridgehead atoms. The molecule has 0 saturated heterocycles. The predicted molar refractivity (Wildman–Crippen MR) is 90.1 cm³/mol. The van der Waals surface area contributed by atoms with Crippen LogP contribution in [0, 0.1) is 10.1 Å². The van der Waals surface area contributed by atoms with E-state index in [4.69, 9.17) is 9.05 Å². The monoisotopic (exact) mass is 343 g/mol. The van der Waals surface area contributed by atoms with Gasteiger partial charge < -0.3 is 9.05 Å². The minimum absolute atomic E-state index is 0.0669. The molecule has 9 heteroatoms. The molecule has 23 heavy (non-hydrogen) atoms. The van der Waals surface area contributed by atoms with Crippen LogP contribution in [0.25, 0.3) is 0 Å². The number of benzene rings is 1. The van der Waals surface area contributed by atoms with E-state index in [1.165, 1.54) is 20.3 Å². The van der Waals surface area contributed by atoms with Gasteiger partial charge in [0.15, 0.2) is 0 Å². The van der Waals surface area contributed by atoms with Gasteiger partial charge in [-0.25, -0.2) is 0 Å². The Morgan fingerprint density at radius 1 is 1.35 bits per heavy atom. The number of nitrogens with one attached hydrogen (secondary N) is 1. The second-order valence-electron chi connectivity index (χ2n) is 5.58. The van der Waals surface area contributed by atoms with Crippen LogP contribution < -0.4 is 5.43 Å². The van der Waals surface area contributed by atoms with Crippen molar-refractivity contribution in [3.05, 3.63) is 34.4 Å². The second kappa shape index (κ2) is 7.68. The Labute approximate surface area is 135 Å². The molecule has 0 radical (unpaired) electrons. The number of nitro benzene ring substituents is 1. The smallest absolute Gasteiger partial charge is 0.312 e. The number of hydrogen-bond donors (Lipinski definition) is 1. The number of nitrogens with zero attached hydrogens (tertiary/aromatic N) is 2. The quantitative estimate of drug-likeness (QED) is 0.331. The van der Waals surface area contributed by atoms with E-state index in [0.29, 0.717) is 12.1 Å². The molecule has 0 aliphatic rings. The molecule has 0 aromatic heterocycles. The fraction of sp³-hybridized carbons (Fsp3) is 0.500. The number of rotatable bonds is 8. The van der Waals surface area contributed by atoms with Crippen LogP contribution in [-0.2, 0) is 13.6 Å². The number of nitro groups is 1. The SMILES string of the molecule is COP(=O)(OC)C(C)(C)C/C(C)=N\Nc1ccccc1[N+](=O)[O-]. The summed E-state index contributed by atoms with van der Waals surface area (Å²) < 4.78 is 22.6. The Morgan fingerprint density at radius 3 is 2.43 bits per heavy atom. The van der Waals surface area contributed by atoms with E-state index >= 15 is 0 Å². The highest BCUT2D eigenvalue weighted by Gasteiger charge is 2.42. The Hall–Kier alpha value is -1.76. The highest BCUT2D eigenvalue weighted by Crippen LogP contribution is 2.60. The van der Waals surface area contributed by atoms with Crippen LogP contribution in [0.1, 0.15) is 27.2 Å². The van der Waals surface area contributed by atoms with Gasteiger partial charge in [0.1, 0.15) is 5.69 Å². The number of anilines is 1. The Bertz CT molecular complexity index is 637. The number of hydrazone groups is 1. The van der Waals surface area contributed by atoms with E-state index in [0.717, 1.165) is 0 Å². The van der Waals surface area contributed by atoms with E-state index in [1.54, 1.807) is 39.0 Å². The molecule has 0 fully saturated rings. The van der Waals surface area contributed by atoms with Gasteiger partial charge in [-0.2, -0.15) is 5.10 Å². The summed E-state index contributed by atoms with van der Waals surface area (Å²) in [5.74, 6) is 0. The lowest BCUT2D eigenvalue weighted by molar-refractivity contribution is -0.384. The highest BCUT2D eigenvalue weighted by molar-refractivity contribution is 7.55. The third-order valence-corrected chi connectivity index (χ3v) is 5.98. The van der Waals surface area contributed by atoms with Gasteiger partial charge in [-0.1, -0.05) is 12.1 Å². The van der Waals surface area contributed by atoms with Crippen molar-refractivity contribution >= 4 is 24.7 Å². The van der Waals surface area contributed by atoms with E-state index in [2.05, 4.69) is 10.5 Å². The van der Waals surface area contributed by atoms with Crippen molar-refractivity contribution in [1.82, 2.24) is 0 Å². The first-order valence-electron chi connectivity index (χ1n) is 6.91. The maximum absolute atomic E-state index is 12.5. The van der Waals surface area contributed by atoms with Gasteiger partial charge in [0.2, 0.25) is 0 Å². The molecule has 0 saturated carbocycles. The molecule has 1 aromatic rings. The highest BCUT2D eigenvalue weighted by atomic mass is 31.2. The second-order valence-corrected chi connectivity index (χ2v) is 8.52. The molecular weight excluding hydrogens is 321 g/mol. The molecule has 0 aliphatic carbocycles. The van der Waals surface area contributed by atoms with Crippen LogP contribution in [-0.4, -0.2) is 30.0 Å². The first kappa shape index (κ1) is 19.3. The minimum atomic E-state index is -3.28. The Balaban J connectivity index is 2.91. The van der Waals surface area contributed by atoms with Crippen molar-refractivity contribution in [3.8, 4) is 0 Å². The van der Waals surface area contributed by atoms with Crippen molar-refractivity contribution in [2.24, 2.45) is 5.10 Å². The summed E-state index contributed by atoms with van der Waals surface area (Å²) in [5.41, 5.74) is 3.51. The zero-order chi connectivity index (χ0) is 17.7. The summed E-state index contributed by atoms with van der Waals surface area (Å²) in [4.78, 5) is 10.5. The van der Waals surface area contributed by atoms with Crippen LogP contribution in [0.4, 0.5) is 11.4 Å². The van der Waals surface area contributed by atoms with Crippen LogP contribution in [0.5, 0.6) is 0 Å². The third-order valence-electron chi connectivity index (χ3n) is 3.38. The Morgan fingerprint density at radius 2 is 1.91 bits per heavy atom. The fourth-order valence-corrected chi connectivity index (χ4v) is 3.77. The van der Waals surface area contributed by atoms with Crippen molar-refractivity contribution in [2.75, 3.05) is 19.6 Å². The summed E-state index contributed by atoms with van der Waals surface area (Å²) in [6, 6.07) is 6.21. The van der Waals surface area contributed by atoms with E-state index in [1.807, 2.05) is 0 Å². The fourth-order valence-electron chi connectivity index (χ4n) is 2.21. The molecule has 8 nitrogen and oxygen atoms in total.